The summed E-state index contributed by atoms with van der Waals surface area (Å²) in [6.07, 6.45) is 1.94. The number of anilines is 1. The van der Waals surface area contributed by atoms with Crippen LogP contribution in [0.1, 0.15) is 45.6 Å². The van der Waals surface area contributed by atoms with E-state index in [4.69, 9.17) is 9.98 Å². The van der Waals surface area contributed by atoms with E-state index in [1.807, 2.05) is 6.07 Å². The number of amidine groups is 2. The number of nitrogens with one attached hydrogen (secondary N) is 2. The van der Waals surface area contributed by atoms with Crippen molar-refractivity contribution in [1.82, 2.24) is 9.88 Å². The van der Waals surface area contributed by atoms with Gasteiger partial charge in [-0.05, 0) is 81.1 Å². The lowest BCUT2D eigenvalue weighted by atomic mass is 9.83. The SMILES string of the molecule is C1=C(c2ccccc2)c2c(c(-c3cccc(C4=NC(c5ccc(-n6c7ccccc7c7ccccc76)cc5)N=C(c5ccccc5)N4)c3)cc3ccccc23)NC1c1ccccc1. The van der Waals surface area contributed by atoms with E-state index < -0.39 is 6.17 Å². The molecule has 5 heteroatoms. The molecule has 0 amide bonds. The van der Waals surface area contributed by atoms with Gasteiger partial charge in [0.05, 0.1) is 22.8 Å². The average Bonchev–Trinajstić information content (AvgIpc) is 3.71. The van der Waals surface area contributed by atoms with Gasteiger partial charge in [-0.15, -0.1) is 0 Å². The summed E-state index contributed by atoms with van der Waals surface area (Å²) in [6, 6.07) is 77.7. The molecule has 0 bridgehead atoms. The number of aliphatic imine (C=N–C) groups is 2. The Morgan fingerprint density at radius 2 is 0.984 bits per heavy atom. The summed E-state index contributed by atoms with van der Waals surface area (Å²) in [5, 5.41) is 12.6. The van der Waals surface area contributed by atoms with Crippen LogP contribution in [0.5, 0.6) is 0 Å². The van der Waals surface area contributed by atoms with Crippen LogP contribution in [0.15, 0.2) is 234 Å². The van der Waals surface area contributed by atoms with Crippen molar-refractivity contribution in [2.24, 2.45) is 9.98 Å². The molecule has 12 rings (SSSR count). The number of hydrogen-bond acceptors (Lipinski definition) is 4. The third-order valence-electron chi connectivity index (χ3n) is 12.5. The minimum atomic E-state index is -0.451. The molecule has 0 radical (unpaired) electrons. The molecule has 2 N–H and O–H groups in total. The summed E-state index contributed by atoms with van der Waals surface area (Å²) < 4.78 is 2.34. The monoisotopic (exact) mass is 807 g/mol. The molecule has 0 saturated heterocycles. The highest BCUT2D eigenvalue weighted by molar-refractivity contribution is 6.17. The highest BCUT2D eigenvalue weighted by Gasteiger charge is 2.27. The molecule has 9 aromatic carbocycles. The second kappa shape index (κ2) is 15.3. The Hall–Kier alpha value is -8.28. The normalized spacial score (nSPS) is 15.8. The number of rotatable bonds is 7. The van der Waals surface area contributed by atoms with Gasteiger partial charge in [0, 0.05) is 38.7 Å². The van der Waals surface area contributed by atoms with Gasteiger partial charge < -0.3 is 15.2 Å². The van der Waals surface area contributed by atoms with Gasteiger partial charge in [-0.1, -0.05) is 182 Å². The minimum absolute atomic E-state index is 0.0202. The van der Waals surface area contributed by atoms with Crippen LogP contribution in [0.4, 0.5) is 5.69 Å². The highest BCUT2D eigenvalue weighted by atomic mass is 15.2. The van der Waals surface area contributed by atoms with Crippen molar-refractivity contribution < 1.29 is 0 Å². The predicted octanol–water partition coefficient (Wildman–Crippen LogP) is 13.7. The van der Waals surface area contributed by atoms with Crippen LogP contribution in [0.3, 0.4) is 0 Å². The molecule has 2 unspecified atom stereocenters. The Balaban J connectivity index is 0.974. The number of para-hydroxylation sites is 2. The molecule has 5 nitrogen and oxygen atoms in total. The van der Waals surface area contributed by atoms with E-state index in [-0.39, 0.29) is 6.04 Å². The molecule has 2 aliphatic rings. The van der Waals surface area contributed by atoms with Gasteiger partial charge in [0.2, 0.25) is 0 Å². The number of fused-ring (bicyclic) bond motifs is 6. The second-order valence-corrected chi connectivity index (χ2v) is 16.2. The third-order valence-corrected chi connectivity index (χ3v) is 12.5. The highest BCUT2D eigenvalue weighted by Crippen LogP contribution is 2.47. The van der Waals surface area contributed by atoms with Gasteiger partial charge in [-0.2, -0.15) is 0 Å². The van der Waals surface area contributed by atoms with Crippen LogP contribution in [0.2, 0.25) is 0 Å². The Morgan fingerprint density at radius 1 is 0.429 bits per heavy atom. The van der Waals surface area contributed by atoms with Crippen molar-refractivity contribution in [3.8, 4) is 16.8 Å². The largest absolute Gasteiger partial charge is 0.374 e. The fraction of sp³-hybridized carbons (Fsp3) is 0.0345. The smallest absolute Gasteiger partial charge is 0.169 e. The van der Waals surface area contributed by atoms with Crippen molar-refractivity contribution in [3.05, 3.63) is 258 Å². The van der Waals surface area contributed by atoms with E-state index in [1.54, 1.807) is 0 Å². The van der Waals surface area contributed by atoms with Crippen molar-refractivity contribution in [2.45, 2.75) is 12.2 Å². The zero-order chi connectivity index (χ0) is 41.7. The maximum atomic E-state index is 5.35. The summed E-state index contributed by atoms with van der Waals surface area (Å²) in [5.41, 5.74) is 14.7. The van der Waals surface area contributed by atoms with Crippen LogP contribution >= 0.6 is 0 Å². The summed E-state index contributed by atoms with van der Waals surface area (Å²) in [7, 11) is 0. The van der Waals surface area contributed by atoms with Crippen molar-refractivity contribution in [2.75, 3.05) is 5.32 Å². The molecule has 3 heterocycles. The standard InChI is InChI=1S/C58H41N5/c1-4-17-38(18-5-1)49-37-51(39-19-6-2-7-20-39)59-55-50(36-43-23-10-11-26-46(43)54(49)55)42-24-16-25-44(35-42)58-61-56(40-21-8-3-9-22-40)60-57(62-58)41-31-33-45(34-32-41)63-52-29-14-12-27-47(52)48-28-13-15-30-53(48)63/h1-37,51,57,59H,(H,60,61,62). The Labute approximate surface area is 366 Å². The van der Waals surface area contributed by atoms with Gasteiger partial charge in [0.15, 0.2) is 6.17 Å². The molecule has 0 fully saturated rings. The molecule has 1 aromatic heterocycles. The molecule has 0 saturated carbocycles. The zero-order valence-electron chi connectivity index (χ0n) is 34.4. The van der Waals surface area contributed by atoms with E-state index in [2.05, 4.69) is 234 Å². The van der Waals surface area contributed by atoms with Gasteiger partial charge >= 0.3 is 0 Å². The number of hydrogen-bond donors (Lipinski definition) is 2. The summed E-state index contributed by atoms with van der Waals surface area (Å²) >= 11 is 0. The number of benzene rings is 9. The van der Waals surface area contributed by atoms with E-state index in [1.165, 1.54) is 54.8 Å². The molecule has 0 spiro atoms. The quantitative estimate of drug-likeness (QED) is 0.169. The lowest BCUT2D eigenvalue weighted by Crippen LogP contribution is -2.36. The van der Waals surface area contributed by atoms with Crippen LogP contribution in [0, 0.1) is 0 Å². The van der Waals surface area contributed by atoms with Gasteiger partial charge in [-0.3, -0.25) is 0 Å². The van der Waals surface area contributed by atoms with Crippen LogP contribution in [-0.2, 0) is 0 Å². The van der Waals surface area contributed by atoms with E-state index in [0.717, 1.165) is 50.9 Å². The average molecular weight is 808 g/mol. The number of nitrogens with zero attached hydrogens (tertiary/aromatic N) is 3. The van der Waals surface area contributed by atoms with Gasteiger partial charge in [-0.25, -0.2) is 9.98 Å². The first kappa shape index (κ1) is 36.6. The lowest BCUT2D eigenvalue weighted by Gasteiger charge is -2.31. The van der Waals surface area contributed by atoms with E-state index >= 15 is 0 Å². The second-order valence-electron chi connectivity index (χ2n) is 16.2. The minimum Gasteiger partial charge on any atom is -0.374 e. The fourth-order valence-corrected chi connectivity index (χ4v) is 9.47. The van der Waals surface area contributed by atoms with Crippen molar-refractivity contribution in [3.63, 3.8) is 0 Å². The molecule has 63 heavy (non-hydrogen) atoms. The topological polar surface area (TPSA) is 53.7 Å². The van der Waals surface area contributed by atoms with Crippen molar-refractivity contribution in [1.29, 1.82) is 0 Å². The van der Waals surface area contributed by atoms with Crippen LogP contribution in [0.25, 0.3) is 55.0 Å². The molecular formula is C58H41N5. The molecule has 10 aromatic rings. The predicted molar refractivity (Wildman–Crippen MR) is 262 cm³/mol. The summed E-state index contributed by atoms with van der Waals surface area (Å²) in [5.74, 6) is 1.56. The van der Waals surface area contributed by atoms with Gasteiger partial charge in [0.25, 0.3) is 0 Å². The first-order valence-corrected chi connectivity index (χ1v) is 21.6. The van der Waals surface area contributed by atoms with Gasteiger partial charge in [0.1, 0.15) is 11.7 Å². The zero-order valence-corrected chi connectivity index (χ0v) is 34.4. The van der Waals surface area contributed by atoms with E-state index in [9.17, 15) is 0 Å². The lowest BCUT2D eigenvalue weighted by molar-refractivity contribution is 0.755. The maximum absolute atomic E-state index is 5.35. The molecule has 0 aliphatic carbocycles. The Morgan fingerprint density at radius 3 is 1.68 bits per heavy atom. The van der Waals surface area contributed by atoms with Crippen LogP contribution < -0.4 is 10.6 Å². The molecule has 2 aliphatic heterocycles. The Kier molecular flexibility index (Phi) is 8.89. The van der Waals surface area contributed by atoms with Crippen LogP contribution in [-0.4, -0.2) is 16.2 Å². The summed E-state index contributed by atoms with van der Waals surface area (Å²) in [6.45, 7) is 0. The van der Waals surface area contributed by atoms with E-state index in [0.29, 0.717) is 0 Å². The Bertz CT molecular complexity index is 3380. The first-order chi connectivity index (χ1) is 31.2. The van der Waals surface area contributed by atoms with Crippen molar-refractivity contribution >= 4 is 55.5 Å². The molecular weight excluding hydrogens is 767 g/mol. The summed E-state index contributed by atoms with van der Waals surface area (Å²) in [4.78, 5) is 10.6. The third kappa shape index (κ3) is 6.50. The molecule has 2 atom stereocenters. The maximum Gasteiger partial charge on any atom is 0.169 e. The molecule has 298 valence electrons. The fourth-order valence-electron chi connectivity index (χ4n) is 9.47. The first-order valence-electron chi connectivity index (χ1n) is 21.6. The number of aromatic nitrogens is 1.